The molecule has 0 unspecified atom stereocenters. The van der Waals surface area contributed by atoms with Crippen molar-refractivity contribution in [2.45, 2.75) is 63.2 Å². The standard InChI is InChI=1S/C68H55NO/c1-65(2,3)47-32-38-63-60(40-47)68(61-41-48(66(4,5)6)33-39-64(61)70-63)57-30-18-16-28-53(57)55-37-35-50(43-59(55)68)69(62-31-19-21-44-20-13-14-26-51(44)62)49-34-36-54-52-27-15-17-29-56(52)67(58(54)42-49,45-22-9-7-10-23-45)46-24-11-8-12-25-46/h7-43H,1-6H3. The normalized spacial score (nSPS) is 14.5. The van der Waals surface area contributed by atoms with Gasteiger partial charge in [0.25, 0.3) is 0 Å². The number of hydrogen-bond acceptors (Lipinski definition) is 2. The highest BCUT2D eigenvalue weighted by molar-refractivity contribution is 6.01. The third-order valence-electron chi connectivity index (χ3n) is 15.7. The van der Waals surface area contributed by atoms with E-state index in [0.717, 1.165) is 28.6 Å². The van der Waals surface area contributed by atoms with Crippen molar-refractivity contribution in [1.82, 2.24) is 0 Å². The van der Waals surface area contributed by atoms with Gasteiger partial charge in [0, 0.05) is 27.9 Å². The third kappa shape index (κ3) is 5.99. The summed E-state index contributed by atoms with van der Waals surface area (Å²) < 4.78 is 7.05. The van der Waals surface area contributed by atoms with Gasteiger partial charge in [0.15, 0.2) is 0 Å². The molecule has 0 radical (unpaired) electrons. The minimum Gasteiger partial charge on any atom is -0.457 e. The summed E-state index contributed by atoms with van der Waals surface area (Å²) >= 11 is 0. The van der Waals surface area contributed by atoms with Crippen molar-refractivity contribution in [2.24, 2.45) is 0 Å². The molecule has 0 saturated carbocycles. The van der Waals surface area contributed by atoms with Crippen LogP contribution in [0.2, 0.25) is 0 Å². The topological polar surface area (TPSA) is 12.5 Å². The summed E-state index contributed by atoms with van der Waals surface area (Å²) in [6.45, 7) is 13.9. The number of hydrogen-bond donors (Lipinski definition) is 0. The highest BCUT2D eigenvalue weighted by Gasteiger charge is 2.52. The Morgan fingerprint density at radius 1 is 0.343 bits per heavy atom. The van der Waals surface area contributed by atoms with Crippen molar-refractivity contribution in [2.75, 3.05) is 4.90 Å². The molecule has 338 valence electrons. The van der Waals surface area contributed by atoms with E-state index in [1.165, 1.54) is 88.7 Å². The molecule has 0 aromatic heterocycles. The van der Waals surface area contributed by atoms with Crippen LogP contribution in [0.3, 0.4) is 0 Å². The van der Waals surface area contributed by atoms with Crippen LogP contribution < -0.4 is 9.64 Å². The number of anilines is 3. The first-order valence-corrected chi connectivity index (χ1v) is 24.8. The molecule has 13 rings (SSSR count). The fourth-order valence-corrected chi connectivity index (χ4v) is 12.4. The summed E-state index contributed by atoms with van der Waals surface area (Å²) in [6, 6.07) is 84.4. The highest BCUT2D eigenvalue weighted by atomic mass is 16.5. The molecule has 0 N–H and O–H groups in total. The lowest BCUT2D eigenvalue weighted by molar-refractivity contribution is 0.433. The van der Waals surface area contributed by atoms with E-state index in [9.17, 15) is 0 Å². The van der Waals surface area contributed by atoms with Gasteiger partial charge in [-0.3, -0.25) is 0 Å². The molecule has 0 bridgehead atoms. The fourth-order valence-electron chi connectivity index (χ4n) is 12.4. The average Bonchev–Trinajstić information content (AvgIpc) is 3.84. The number of rotatable bonds is 5. The lowest BCUT2D eigenvalue weighted by Crippen LogP contribution is -2.33. The van der Waals surface area contributed by atoms with Crippen LogP contribution in [0, 0.1) is 0 Å². The van der Waals surface area contributed by atoms with Crippen molar-refractivity contribution in [3.63, 3.8) is 0 Å². The summed E-state index contributed by atoms with van der Waals surface area (Å²) in [5, 5.41) is 2.39. The molecule has 0 amide bonds. The second-order valence-corrected chi connectivity index (χ2v) is 21.6. The largest absolute Gasteiger partial charge is 0.457 e. The molecule has 2 aliphatic carbocycles. The smallest absolute Gasteiger partial charge is 0.132 e. The molecule has 3 aliphatic rings. The molecule has 70 heavy (non-hydrogen) atoms. The van der Waals surface area contributed by atoms with Crippen LogP contribution in [-0.4, -0.2) is 0 Å². The predicted molar refractivity (Wildman–Crippen MR) is 291 cm³/mol. The van der Waals surface area contributed by atoms with E-state index < -0.39 is 10.8 Å². The van der Waals surface area contributed by atoms with Crippen LogP contribution in [0.1, 0.15) is 97.2 Å². The molecule has 0 atom stereocenters. The maximum absolute atomic E-state index is 7.05. The van der Waals surface area contributed by atoms with Crippen LogP contribution in [0.15, 0.2) is 224 Å². The molecular weight excluding hydrogens is 847 g/mol. The van der Waals surface area contributed by atoms with Crippen molar-refractivity contribution >= 4 is 27.8 Å². The molecule has 1 spiro atoms. The molecule has 0 saturated heterocycles. The maximum Gasteiger partial charge on any atom is 0.132 e. The van der Waals surface area contributed by atoms with Gasteiger partial charge in [-0.25, -0.2) is 0 Å². The summed E-state index contributed by atoms with van der Waals surface area (Å²) in [6.07, 6.45) is 0. The van der Waals surface area contributed by atoms with Crippen molar-refractivity contribution in [1.29, 1.82) is 0 Å². The van der Waals surface area contributed by atoms with E-state index in [4.69, 9.17) is 4.74 Å². The van der Waals surface area contributed by atoms with E-state index in [1.807, 2.05) is 0 Å². The number of fused-ring (bicyclic) bond motifs is 13. The maximum atomic E-state index is 7.05. The number of benzene rings is 10. The lowest BCUT2D eigenvalue weighted by Gasteiger charge is -2.41. The molecule has 10 aromatic carbocycles. The van der Waals surface area contributed by atoms with Crippen molar-refractivity contribution < 1.29 is 4.74 Å². The second kappa shape index (κ2) is 15.3. The zero-order valence-corrected chi connectivity index (χ0v) is 40.7. The van der Waals surface area contributed by atoms with Gasteiger partial charge in [0.1, 0.15) is 11.5 Å². The molecule has 2 heteroatoms. The zero-order valence-electron chi connectivity index (χ0n) is 40.7. The zero-order chi connectivity index (χ0) is 47.6. The van der Waals surface area contributed by atoms with Gasteiger partial charge in [-0.05, 0) is 138 Å². The van der Waals surface area contributed by atoms with Gasteiger partial charge < -0.3 is 9.64 Å². The SMILES string of the molecule is CC(C)(C)c1ccc2c(c1)C1(c3cc(C(C)(C)C)ccc3O2)c2ccccc2-c2ccc(N(c3ccc4c(c3)C(c3ccccc3)(c3ccccc3)c3ccccc3-4)c3cccc4ccccc34)cc21. The Morgan fingerprint density at radius 2 is 0.786 bits per heavy atom. The van der Waals surface area contributed by atoms with Crippen LogP contribution in [0.25, 0.3) is 33.0 Å². The molecule has 0 fully saturated rings. The van der Waals surface area contributed by atoms with Gasteiger partial charge in [0.2, 0.25) is 0 Å². The molecule has 10 aromatic rings. The Bertz CT molecular complexity index is 3610. The summed E-state index contributed by atoms with van der Waals surface area (Å²) in [5.74, 6) is 1.80. The minimum absolute atomic E-state index is 0.0837. The minimum atomic E-state index is -0.673. The summed E-state index contributed by atoms with van der Waals surface area (Å²) in [4.78, 5) is 2.53. The van der Waals surface area contributed by atoms with Crippen molar-refractivity contribution in [3.05, 3.63) is 280 Å². The predicted octanol–water partition coefficient (Wildman–Crippen LogP) is 17.7. The van der Waals surface area contributed by atoms with E-state index in [-0.39, 0.29) is 10.8 Å². The van der Waals surface area contributed by atoms with E-state index in [2.05, 4.69) is 271 Å². The summed E-state index contributed by atoms with van der Waals surface area (Å²) in [5.41, 5.74) is 19.5. The van der Waals surface area contributed by atoms with Gasteiger partial charge in [-0.1, -0.05) is 211 Å². The lowest BCUT2D eigenvalue weighted by atomic mass is 9.64. The monoisotopic (exact) mass is 901 g/mol. The molecule has 1 aliphatic heterocycles. The van der Waals surface area contributed by atoms with Gasteiger partial charge in [0.05, 0.1) is 16.5 Å². The first-order valence-electron chi connectivity index (χ1n) is 24.8. The van der Waals surface area contributed by atoms with Gasteiger partial charge in [-0.2, -0.15) is 0 Å². The summed E-state index contributed by atoms with van der Waals surface area (Å²) in [7, 11) is 0. The first kappa shape index (κ1) is 42.2. The molecule has 1 heterocycles. The van der Waals surface area contributed by atoms with E-state index in [0.29, 0.717) is 0 Å². The van der Waals surface area contributed by atoms with Gasteiger partial charge in [-0.15, -0.1) is 0 Å². The Labute approximate surface area is 412 Å². The quantitative estimate of drug-likeness (QED) is 0.171. The van der Waals surface area contributed by atoms with Crippen LogP contribution in [-0.2, 0) is 21.7 Å². The Kier molecular flexibility index (Phi) is 9.21. The highest BCUT2D eigenvalue weighted by Crippen LogP contribution is 2.64. The van der Waals surface area contributed by atoms with E-state index in [1.54, 1.807) is 0 Å². The van der Waals surface area contributed by atoms with Crippen LogP contribution >= 0.6 is 0 Å². The van der Waals surface area contributed by atoms with Crippen LogP contribution in [0.5, 0.6) is 11.5 Å². The van der Waals surface area contributed by atoms with E-state index >= 15 is 0 Å². The van der Waals surface area contributed by atoms with Crippen molar-refractivity contribution in [3.8, 4) is 33.8 Å². The number of ether oxygens (including phenoxy) is 1. The van der Waals surface area contributed by atoms with Gasteiger partial charge >= 0.3 is 0 Å². The second-order valence-electron chi connectivity index (χ2n) is 21.6. The fraction of sp³-hybridized carbons (Fsp3) is 0.147. The number of nitrogens with zero attached hydrogens (tertiary/aromatic N) is 1. The average molecular weight is 902 g/mol. The Morgan fingerprint density at radius 3 is 1.33 bits per heavy atom. The molecular formula is C68H55NO. The Hall–Kier alpha value is -7.94. The first-order chi connectivity index (χ1) is 34.0. The van der Waals surface area contributed by atoms with Crippen LogP contribution in [0.4, 0.5) is 17.1 Å². The third-order valence-corrected chi connectivity index (χ3v) is 15.7. The molecule has 2 nitrogen and oxygen atoms in total. The Balaban J connectivity index is 1.13.